The highest BCUT2D eigenvalue weighted by atomic mass is 31.2. The third kappa shape index (κ3) is 24.0. The van der Waals surface area contributed by atoms with Gasteiger partial charge in [-0.3, -0.25) is 57.5 Å². The minimum Gasteiger partial charge on any atom is -0.872 e. The zero-order chi connectivity index (χ0) is 101. The third-order valence-corrected chi connectivity index (χ3v) is 26.4. The van der Waals surface area contributed by atoms with Crippen LogP contribution in [0.1, 0.15) is 269 Å². The summed E-state index contributed by atoms with van der Waals surface area (Å²) in [6.45, 7) is 13.6. The Bertz CT molecular complexity index is 6330. The number of carboxylic acids is 1. The number of esters is 3. The number of aromatic carboxylic acids is 1. The second-order valence-electron chi connectivity index (χ2n) is 30.2. The number of nitrogens with one attached hydrogen (secondary N) is 1. The van der Waals surface area contributed by atoms with Crippen LogP contribution in [-0.2, 0) is 69.8 Å². The fourth-order valence-corrected chi connectivity index (χ4v) is 20.6. The zero-order valence-electron chi connectivity index (χ0n) is 74.0. The normalized spacial score (nSPS) is 13.4. The quantitative estimate of drug-likeness (QED) is 0.00744. The molecule has 0 saturated carbocycles. The highest BCUT2D eigenvalue weighted by Gasteiger charge is 2.56. The molecule has 41 heteroatoms. The lowest BCUT2D eigenvalue weighted by atomic mass is 9.86. The van der Waals surface area contributed by atoms with Gasteiger partial charge in [0.1, 0.15) is 22.4 Å². The number of carbonyl (C=O) groups is 16. The number of allylic oxidation sites excluding steroid dienone is 1. The highest BCUT2D eigenvalue weighted by Crippen LogP contribution is 2.68. The summed E-state index contributed by atoms with van der Waals surface area (Å²) in [5.74, 6) is -22.3. The second kappa shape index (κ2) is 46.7. The Kier molecular flexibility index (Phi) is 36.0. The minimum absolute atomic E-state index is 0.0486. The first-order valence-corrected chi connectivity index (χ1v) is 44.9. The van der Waals surface area contributed by atoms with Crippen LogP contribution < -0.4 is 16.2 Å². The first-order valence-electron chi connectivity index (χ1n) is 42.5. The van der Waals surface area contributed by atoms with E-state index >= 15 is 0 Å². The topological polar surface area (TPSA) is 477 Å². The Balaban J connectivity index is 0.000000187. The molecule has 720 valence electrons. The van der Waals surface area contributed by atoms with E-state index in [1.807, 2.05) is 10.8 Å². The number of Topliss-reactive ketones (excluding diaryl/α,β-unsaturated/α-hetero) is 3. The van der Waals surface area contributed by atoms with Crippen LogP contribution in [0.25, 0.3) is 11.5 Å². The number of aliphatic hydroxyl groups excluding tert-OH is 1. The maximum atomic E-state index is 13.6. The van der Waals surface area contributed by atoms with E-state index in [0.29, 0.717) is 18.5 Å². The van der Waals surface area contributed by atoms with Gasteiger partial charge in [-0.05, 0) is 65.0 Å². The molecule has 0 bridgehead atoms. The number of rotatable bonds is 26. The average Bonchev–Trinajstić information content (AvgIpc) is 1.63. The first-order chi connectivity index (χ1) is 65.1. The number of hydrogen-bond donors (Lipinski definition) is 4. The lowest BCUT2D eigenvalue weighted by Crippen LogP contribution is -2.41. The van der Waals surface area contributed by atoms with E-state index in [1.165, 1.54) is 91.9 Å². The standard InChI is InChI=1S/C26H37O5P.C20H14F3N3O4.C16H9F3O5.C14H5F3O5.C10H6O3.C6H11N3.C4H6O3/c1-5-9-16-32(17-10-6-2,18-11-7-3)25(26(30)31-8-4)21-22(27)19-14-12-13-15-20(19)23(28)24(21)29;21-20(22,23)18-14(19(29)25-6-3-8-26-9-7-24-10-26)13-15(27)11-4-1-2-5-12(11)16(28)17(13)30-18;1-2-23-15(22)10-9-11(20)7-5-3-4-6-8(7)12(21)13(9)24-14(10)16(17,18)19;15-14(16,17)12-8(13(20)21)7-9(18)5-3-1-2-4-6(5)10(19)11(7)22-12;11-8-5-9(12)10(13)7-4-2-1-3-6(7)8;7-2-1-4-9-5-3-8-6-9;1-2-7-4(6)3-5/h12-15,25H,5-11,16-18H2,1-4H3;1-2,4-5,7,9-10H,3,6,8H2,(H,25,29);3-6H,2H2,1H3;1-4H,(H,20,21);1-5,11H;3,5-6H,1-2,4,7H2;3H,2H2,1H3. The van der Waals surface area contributed by atoms with Crippen molar-refractivity contribution in [2.24, 2.45) is 5.73 Å². The fraction of sp³-hybridized carbons (Fsp3) is 0.292. The van der Waals surface area contributed by atoms with Crippen molar-refractivity contribution >= 4 is 113 Å². The van der Waals surface area contributed by atoms with Gasteiger partial charge in [-0.1, -0.05) is 167 Å². The molecule has 0 saturated heterocycles. The number of benzene rings is 5. The molecule has 5 N–H and O–H groups in total. The molecule has 5 aliphatic rings. The summed E-state index contributed by atoms with van der Waals surface area (Å²) < 4.78 is 151. The number of ketones is 10. The Hall–Kier alpha value is -15.1. The number of fused-ring (bicyclic) bond motifs is 8. The molecule has 15 rings (SSSR count). The molecule has 1 amide bonds. The molecule has 31 nitrogen and oxygen atoms in total. The number of aryl methyl sites for hydroxylation is 2. The van der Waals surface area contributed by atoms with Crippen LogP contribution in [0.2, 0.25) is 0 Å². The van der Waals surface area contributed by atoms with Crippen molar-refractivity contribution in [1.29, 1.82) is 0 Å². The Labute approximate surface area is 774 Å². The molecule has 5 aromatic carbocycles. The summed E-state index contributed by atoms with van der Waals surface area (Å²) in [5.41, 5.74) is -0.849. The van der Waals surface area contributed by atoms with Gasteiger partial charge in [0, 0.05) is 113 Å². The molecule has 0 spiro atoms. The van der Waals surface area contributed by atoms with E-state index in [1.54, 1.807) is 86.1 Å². The molecule has 5 aliphatic carbocycles. The summed E-state index contributed by atoms with van der Waals surface area (Å²) in [5, 5.41) is 34.3. The van der Waals surface area contributed by atoms with Crippen molar-refractivity contribution in [2.45, 2.75) is 130 Å². The van der Waals surface area contributed by atoms with Crippen molar-refractivity contribution in [1.82, 2.24) is 24.4 Å². The number of unbranched alkanes of at least 4 members (excludes halogenated alkanes) is 3. The predicted octanol–water partition coefficient (Wildman–Crippen LogP) is 15.3. The number of aromatic nitrogens is 4. The summed E-state index contributed by atoms with van der Waals surface area (Å²) in [4.78, 5) is 199. The van der Waals surface area contributed by atoms with Crippen LogP contribution in [0.3, 0.4) is 0 Å². The number of furan rings is 3. The SMILES string of the molecule is CCCC[P+](CCCC)(CCCC)C(C(=O)OCC)C1=C([O-])c2ccccc2C(=O)C1=O.CCOC(=O)C=O.CCOC(=O)c1c(C(F)(F)F)oc2c1C(=O)c1ccccc1C2=O.NCCCn1ccnc1.O=C1C=C(O)c2ccccc2C1=O.O=C1c2ccccc2C(=O)c2c1oc(C(F)(F)F)c2C(=O)NCCCn1ccnc1.O=C1c2ccccc2C(=O)c2c1oc(C(F)(F)F)c2C(=O)O. The van der Waals surface area contributed by atoms with Gasteiger partial charge in [0.15, 0.2) is 40.3 Å². The number of amides is 1. The summed E-state index contributed by atoms with van der Waals surface area (Å²) in [6, 6.07) is 29.4. The van der Waals surface area contributed by atoms with Crippen LogP contribution >= 0.6 is 7.26 Å². The van der Waals surface area contributed by atoms with Crippen LogP contribution in [0.15, 0.2) is 184 Å². The van der Waals surface area contributed by atoms with Gasteiger partial charge in [0.25, 0.3) is 5.91 Å². The maximum absolute atomic E-state index is 13.6. The number of carboxylic acid groups (broad SMARTS) is 1. The molecule has 10 aromatic rings. The van der Waals surface area contributed by atoms with Gasteiger partial charge in [-0.2, -0.15) is 39.5 Å². The Morgan fingerprint density at radius 2 is 0.832 bits per heavy atom. The van der Waals surface area contributed by atoms with E-state index in [-0.39, 0.29) is 94.1 Å². The van der Waals surface area contributed by atoms with Gasteiger partial charge in [-0.15, -0.1) is 0 Å². The number of hydrogen-bond acceptors (Lipinski definition) is 27. The minimum atomic E-state index is -5.14. The van der Waals surface area contributed by atoms with Crippen molar-refractivity contribution in [3.05, 3.63) is 294 Å². The van der Waals surface area contributed by atoms with Crippen molar-refractivity contribution in [2.75, 3.05) is 51.4 Å². The molecule has 5 aromatic heterocycles. The van der Waals surface area contributed by atoms with E-state index in [9.17, 15) is 126 Å². The van der Waals surface area contributed by atoms with E-state index in [2.05, 4.69) is 54.4 Å². The van der Waals surface area contributed by atoms with E-state index in [0.717, 1.165) is 82.6 Å². The molecular weight excluding hydrogens is 1840 g/mol. The molecule has 1 unspecified atom stereocenters. The maximum Gasteiger partial charge on any atom is 0.450 e. The van der Waals surface area contributed by atoms with Crippen LogP contribution in [0.5, 0.6) is 0 Å². The molecule has 0 fully saturated rings. The smallest absolute Gasteiger partial charge is 0.450 e. The van der Waals surface area contributed by atoms with Crippen molar-refractivity contribution < 1.29 is 159 Å². The third-order valence-electron chi connectivity index (χ3n) is 21.2. The molecule has 0 aliphatic heterocycles. The number of nitrogens with zero attached hydrogens (tertiary/aromatic N) is 4. The van der Waals surface area contributed by atoms with Crippen molar-refractivity contribution in [3.63, 3.8) is 0 Å². The predicted molar refractivity (Wildman–Crippen MR) is 467 cm³/mol. The number of imidazole rings is 2. The number of alkyl halides is 9. The molecule has 137 heavy (non-hydrogen) atoms. The van der Waals surface area contributed by atoms with Gasteiger partial charge in [0.2, 0.25) is 64.0 Å². The van der Waals surface area contributed by atoms with E-state index < -0.39 is 193 Å². The summed E-state index contributed by atoms with van der Waals surface area (Å²) in [7, 11) is -2.13. The lowest BCUT2D eigenvalue weighted by molar-refractivity contribution is -0.245. The summed E-state index contributed by atoms with van der Waals surface area (Å²) in [6.07, 6.45) is 5.79. The number of halogens is 9. The molecule has 0 radical (unpaired) electrons. The average molecular weight is 1930 g/mol. The number of nitrogens with two attached hydrogens (primary N) is 1. The fourth-order valence-electron chi connectivity index (χ4n) is 15.0. The Morgan fingerprint density at radius 3 is 1.20 bits per heavy atom. The van der Waals surface area contributed by atoms with Crippen molar-refractivity contribution in [3.8, 4) is 0 Å². The van der Waals surface area contributed by atoms with Crippen LogP contribution in [0.4, 0.5) is 39.5 Å². The molecule has 1 atom stereocenters. The van der Waals surface area contributed by atoms with Gasteiger partial charge in [-0.25, -0.2) is 29.1 Å². The van der Waals surface area contributed by atoms with Crippen LogP contribution in [-0.4, -0.2) is 180 Å². The zero-order valence-corrected chi connectivity index (χ0v) is 74.9. The Morgan fingerprint density at radius 1 is 0.474 bits per heavy atom. The number of ether oxygens (including phenoxy) is 3. The molecular formula is C96H88F9N6O25P. The number of carbonyl (C=O) groups excluding carboxylic acids is 15. The van der Waals surface area contributed by atoms with Gasteiger partial charge < -0.3 is 63.0 Å². The monoisotopic (exact) mass is 1930 g/mol. The summed E-state index contributed by atoms with van der Waals surface area (Å²) >= 11 is 0. The number of aliphatic hydroxyl groups is 1. The first kappa shape index (κ1) is 106. The van der Waals surface area contributed by atoms with E-state index in [4.69, 9.17) is 20.0 Å². The highest BCUT2D eigenvalue weighted by molar-refractivity contribution is 7.77. The lowest BCUT2D eigenvalue weighted by Gasteiger charge is -2.38. The van der Waals surface area contributed by atoms with Gasteiger partial charge >= 0.3 is 42.4 Å². The molecule has 5 heterocycles. The van der Waals surface area contributed by atoms with Crippen LogP contribution in [0, 0.1) is 0 Å². The number of aldehydes is 1. The second-order valence-corrected chi connectivity index (χ2v) is 34.5. The largest absolute Gasteiger partial charge is 0.872 e. The van der Waals surface area contributed by atoms with Gasteiger partial charge in [0.05, 0.1) is 67.7 Å².